The summed E-state index contributed by atoms with van der Waals surface area (Å²) in [7, 11) is 0. The van der Waals surface area contributed by atoms with Crippen LogP contribution in [-0.2, 0) is 6.54 Å². The van der Waals surface area contributed by atoms with Crippen molar-refractivity contribution in [3.05, 3.63) is 33.9 Å². The number of benzene rings is 1. The molecule has 0 saturated carbocycles. The van der Waals surface area contributed by atoms with Gasteiger partial charge in [-0.15, -0.1) is 0 Å². The molecule has 6 nitrogen and oxygen atoms in total. The van der Waals surface area contributed by atoms with Crippen LogP contribution in [0.4, 0.5) is 11.4 Å². The molecule has 116 valence electrons. The monoisotopic (exact) mass is 293 g/mol. The maximum absolute atomic E-state index is 11.2. The number of nitro benzene ring substituents is 1. The molecule has 6 heteroatoms. The lowest BCUT2D eigenvalue weighted by Crippen LogP contribution is -2.31. The van der Waals surface area contributed by atoms with Crippen LogP contribution in [-0.4, -0.2) is 40.7 Å². The number of likely N-dealkylation sites (tertiary alicyclic amines) is 1. The van der Waals surface area contributed by atoms with E-state index in [0.29, 0.717) is 12.2 Å². The molecule has 21 heavy (non-hydrogen) atoms. The van der Waals surface area contributed by atoms with Crippen LogP contribution in [0.3, 0.4) is 0 Å². The molecule has 0 bridgehead atoms. The van der Waals surface area contributed by atoms with Crippen LogP contribution in [0.15, 0.2) is 18.2 Å². The minimum Gasteiger partial charge on any atom is -0.395 e. The summed E-state index contributed by atoms with van der Waals surface area (Å²) in [5.74, 6) is 0. The Morgan fingerprint density at radius 1 is 1.52 bits per heavy atom. The largest absolute Gasteiger partial charge is 0.395 e. The van der Waals surface area contributed by atoms with Crippen molar-refractivity contribution in [2.45, 2.75) is 38.8 Å². The number of rotatable bonds is 7. The van der Waals surface area contributed by atoms with Gasteiger partial charge in [0.1, 0.15) is 5.69 Å². The predicted octanol–water partition coefficient (Wildman–Crippen LogP) is 2.37. The first-order chi connectivity index (χ1) is 10.2. The lowest BCUT2D eigenvalue weighted by Gasteiger charge is -2.22. The number of hydrogen-bond acceptors (Lipinski definition) is 5. The molecule has 0 spiro atoms. The van der Waals surface area contributed by atoms with E-state index in [1.54, 1.807) is 12.1 Å². The Labute approximate surface area is 124 Å². The summed E-state index contributed by atoms with van der Waals surface area (Å²) in [4.78, 5) is 13.1. The molecule has 0 aromatic heterocycles. The highest BCUT2D eigenvalue weighted by Crippen LogP contribution is 2.27. The molecule has 2 N–H and O–H groups in total. The molecule has 2 rings (SSSR count). The van der Waals surface area contributed by atoms with Crippen molar-refractivity contribution in [1.82, 2.24) is 4.90 Å². The summed E-state index contributed by atoms with van der Waals surface area (Å²) < 4.78 is 0. The minimum atomic E-state index is -0.338. The Bertz CT molecular complexity index is 493. The summed E-state index contributed by atoms with van der Waals surface area (Å²) in [6.07, 6.45) is 2.99. The molecule has 1 fully saturated rings. The van der Waals surface area contributed by atoms with Crippen LogP contribution in [0.25, 0.3) is 0 Å². The van der Waals surface area contributed by atoms with Crippen LogP contribution in [0.5, 0.6) is 0 Å². The van der Waals surface area contributed by atoms with E-state index in [1.165, 1.54) is 0 Å². The van der Waals surface area contributed by atoms with E-state index in [2.05, 4.69) is 10.2 Å². The zero-order chi connectivity index (χ0) is 15.2. The van der Waals surface area contributed by atoms with E-state index in [4.69, 9.17) is 0 Å². The summed E-state index contributed by atoms with van der Waals surface area (Å²) in [6.45, 7) is 4.49. The fourth-order valence-corrected chi connectivity index (χ4v) is 2.78. The highest BCUT2D eigenvalue weighted by Gasteiger charge is 2.24. The standard InChI is InChI=1S/C15H23N3O3/c1-2-7-16-14-6-5-12(9-15(14)18(20)21)10-17-8-3-4-13(17)11-19/h5-6,9,13,16,19H,2-4,7-8,10-11H2,1H3. The normalized spacial score (nSPS) is 18.9. The third kappa shape index (κ3) is 3.92. The number of nitrogens with one attached hydrogen (secondary N) is 1. The molecular formula is C15H23N3O3. The summed E-state index contributed by atoms with van der Waals surface area (Å²) in [5, 5.41) is 23.6. The Kier molecular flexibility index (Phi) is 5.52. The van der Waals surface area contributed by atoms with Gasteiger partial charge in [0.05, 0.1) is 11.5 Å². The summed E-state index contributed by atoms with van der Waals surface area (Å²) in [6, 6.07) is 5.54. The van der Waals surface area contributed by atoms with Crippen LogP contribution >= 0.6 is 0 Å². The van der Waals surface area contributed by atoms with E-state index in [1.807, 2.05) is 13.0 Å². The maximum Gasteiger partial charge on any atom is 0.292 e. The van der Waals surface area contributed by atoms with Crippen molar-refractivity contribution in [3.63, 3.8) is 0 Å². The lowest BCUT2D eigenvalue weighted by atomic mass is 10.1. The van der Waals surface area contributed by atoms with Crippen LogP contribution in [0.2, 0.25) is 0 Å². The molecule has 1 saturated heterocycles. The number of anilines is 1. The van der Waals surface area contributed by atoms with Crippen molar-refractivity contribution in [2.75, 3.05) is 25.0 Å². The van der Waals surface area contributed by atoms with Crippen molar-refractivity contribution >= 4 is 11.4 Å². The first-order valence-corrected chi connectivity index (χ1v) is 7.51. The number of nitrogens with zero attached hydrogens (tertiary/aromatic N) is 2. The van der Waals surface area contributed by atoms with Crippen molar-refractivity contribution in [1.29, 1.82) is 0 Å². The maximum atomic E-state index is 11.2. The molecular weight excluding hydrogens is 270 g/mol. The Hall–Kier alpha value is -1.66. The molecule has 1 aromatic carbocycles. The van der Waals surface area contributed by atoms with Crippen molar-refractivity contribution < 1.29 is 10.0 Å². The SMILES string of the molecule is CCCNc1ccc(CN2CCCC2CO)cc1[N+](=O)[O-]. The average molecular weight is 293 g/mol. The van der Waals surface area contributed by atoms with E-state index in [9.17, 15) is 15.2 Å². The quantitative estimate of drug-likeness (QED) is 0.596. The third-order valence-corrected chi connectivity index (χ3v) is 3.92. The Morgan fingerprint density at radius 2 is 2.33 bits per heavy atom. The molecule has 0 radical (unpaired) electrons. The fourth-order valence-electron chi connectivity index (χ4n) is 2.78. The molecule has 1 aromatic rings. The van der Waals surface area contributed by atoms with Crippen LogP contribution < -0.4 is 5.32 Å². The third-order valence-electron chi connectivity index (χ3n) is 3.92. The van der Waals surface area contributed by atoms with E-state index in [0.717, 1.165) is 37.9 Å². The van der Waals surface area contributed by atoms with E-state index in [-0.39, 0.29) is 23.3 Å². The van der Waals surface area contributed by atoms with Gasteiger partial charge in [-0.1, -0.05) is 13.0 Å². The lowest BCUT2D eigenvalue weighted by molar-refractivity contribution is -0.384. The molecule has 1 unspecified atom stereocenters. The fraction of sp³-hybridized carbons (Fsp3) is 0.600. The number of aliphatic hydroxyl groups is 1. The Morgan fingerprint density at radius 3 is 3.00 bits per heavy atom. The van der Waals surface area contributed by atoms with Gasteiger partial charge in [-0.05, 0) is 37.4 Å². The second kappa shape index (κ2) is 7.38. The first kappa shape index (κ1) is 15.7. The molecule has 0 aliphatic carbocycles. The van der Waals surface area contributed by atoms with E-state index < -0.39 is 0 Å². The smallest absolute Gasteiger partial charge is 0.292 e. The van der Waals surface area contributed by atoms with Crippen LogP contribution in [0, 0.1) is 10.1 Å². The topological polar surface area (TPSA) is 78.6 Å². The van der Waals surface area contributed by atoms with Gasteiger partial charge >= 0.3 is 0 Å². The average Bonchev–Trinajstić information content (AvgIpc) is 2.92. The molecule has 1 heterocycles. The van der Waals surface area contributed by atoms with Gasteiger partial charge in [-0.3, -0.25) is 15.0 Å². The predicted molar refractivity (Wildman–Crippen MR) is 82.4 cm³/mol. The highest BCUT2D eigenvalue weighted by molar-refractivity contribution is 5.62. The van der Waals surface area contributed by atoms with E-state index >= 15 is 0 Å². The van der Waals surface area contributed by atoms with Gasteiger partial charge in [-0.25, -0.2) is 0 Å². The van der Waals surface area contributed by atoms with Crippen molar-refractivity contribution in [2.24, 2.45) is 0 Å². The van der Waals surface area contributed by atoms with Gasteiger partial charge in [-0.2, -0.15) is 0 Å². The molecule has 0 amide bonds. The second-order valence-corrected chi connectivity index (χ2v) is 5.48. The zero-order valence-electron chi connectivity index (χ0n) is 12.4. The van der Waals surface area contributed by atoms with Gasteiger partial charge in [0, 0.05) is 25.2 Å². The zero-order valence-corrected chi connectivity index (χ0v) is 12.4. The number of aliphatic hydroxyl groups excluding tert-OH is 1. The molecule has 1 aliphatic heterocycles. The van der Waals surface area contributed by atoms with Gasteiger partial charge in [0.15, 0.2) is 0 Å². The highest BCUT2D eigenvalue weighted by atomic mass is 16.6. The van der Waals surface area contributed by atoms with Gasteiger partial charge < -0.3 is 10.4 Å². The summed E-state index contributed by atoms with van der Waals surface area (Å²) >= 11 is 0. The van der Waals surface area contributed by atoms with Crippen molar-refractivity contribution in [3.8, 4) is 0 Å². The van der Waals surface area contributed by atoms with Crippen LogP contribution in [0.1, 0.15) is 31.7 Å². The Balaban J connectivity index is 2.13. The summed E-state index contributed by atoms with van der Waals surface area (Å²) in [5.41, 5.74) is 1.62. The molecule has 1 atom stereocenters. The number of nitro groups is 1. The van der Waals surface area contributed by atoms with Gasteiger partial charge in [0.25, 0.3) is 5.69 Å². The molecule has 1 aliphatic rings. The first-order valence-electron chi connectivity index (χ1n) is 7.51. The number of hydrogen-bond donors (Lipinski definition) is 2. The minimum absolute atomic E-state index is 0.126. The second-order valence-electron chi connectivity index (χ2n) is 5.48. The van der Waals surface area contributed by atoms with Gasteiger partial charge in [0.2, 0.25) is 0 Å².